The van der Waals surface area contributed by atoms with Crippen molar-refractivity contribution in [2.24, 2.45) is 0 Å². The lowest BCUT2D eigenvalue weighted by Gasteiger charge is -2.04. The number of rotatable bonds is 7. The van der Waals surface area contributed by atoms with Crippen LogP contribution in [-0.4, -0.2) is 19.7 Å². The average Bonchev–Trinajstić information content (AvgIpc) is 3.12. The van der Waals surface area contributed by atoms with E-state index in [4.69, 9.17) is 11.6 Å². The minimum absolute atomic E-state index is 0.0186. The zero-order chi connectivity index (χ0) is 21.0. The molecular weight excluding hydrogens is 433 g/mol. The van der Waals surface area contributed by atoms with Gasteiger partial charge in [0.2, 0.25) is 9.84 Å². The standard InChI is InChI=1S/C21H17ClFNO3S2/c1-2-5-14(13-25)12-19-21(29(26,27)16-10-8-15(22)9-11-16)24-20(28-19)17-6-3-4-7-18(17)23/h3-4,6-13H,2,5H2,1H3/b14-12-. The summed E-state index contributed by atoms with van der Waals surface area (Å²) in [5.74, 6) is -0.503. The number of allylic oxidation sites excluding steroid dienone is 1. The van der Waals surface area contributed by atoms with Crippen LogP contribution in [0.4, 0.5) is 4.39 Å². The van der Waals surface area contributed by atoms with Gasteiger partial charge < -0.3 is 0 Å². The third kappa shape index (κ3) is 4.63. The van der Waals surface area contributed by atoms with Gasteiger partial charge in [-0.3, -0.25) is 4.79 Å². The second-order valence-corrected chi connectivity index (χ2v) is 9.54. The molecule has 1 aromatic heterocycles. The largest absolute Gasteiger partial charge is 0.298 e. The van der Waals surface area contributed by atoms with Crippen molar-refractivity contribution in [3.8, 4) is 10.6 Å². The normalized spacial score (nSPS) is 12.2. The molecule has 0 aliphatic carbocycles. The molecule has 0 bridgehead atoms. The molecule has 0 N–H and O–H groups in total. The molecule has 3 rings (SSSR count). The van der Waals surface area contributed by atoms with Crippen molar-refractivity contribution in [2.75, 3.05) is 0 Å². The minimum atomic E-state index is -4.00. The lowest BCUT2D eigenvalue weighted by atomic mass is 10.1. The molecule has 0 amide bonds. The van der Waals surface area contributed by atoms with E-state index in [0.717, 1.165) is 17.8 Å². The van der Waals surface area contributed by atoms with E-state index in [9.17, 15) is 17.6 Å². The van der Waals surface area contributed by atoms with E-state index in [0.29, 0.717) is 23.3 Å². The fourth-order valence-corrected chi connectivity index (χ4v) is 5.55. The van der Waals surface area contributed by atoms with Crippen molar-refractivity contribution in [3.05, 3.63) is 69.8 Å². The average molecular weight is 450 g/mol. The highest BCUT2D eigenvalue weighted by atomic mass is 35.5. The van der Waals surface area contributed by atoms with Gasteiger partial charge in [0.1, 0.15) is 17.1 Å². The van der Waals surface area contributed by atoms with E-state index in [1.54, 1.807) is 12.1 Å². The van der Waals surface area contributed by atoms with E-state index in [2.05, 4.69) is 4.98 Å². The Morgan fingerprint density at radius 3 is 2.48 bits per heavy atom. The summed E-state index contributed by atoms with van der Waals surface area (Å²) >= 11 is 6.89. The van der Waals surface area contributed by atoms with E-state index in [1.165, 1.54) is 42.5 Å². The Labute approximate surface area is 177 Å². The molecule has 29 heavy (non-hydrogen) atoms. The van der Waals surface area contributed by atoms with Crippen molar-refractivity contribution in [1.82, 2.24) is 4.98 Å². The molecule has 1 heterocycles. The van der Waals surface area contributed by atoms with Gasteiger partial charge in [0.25, 0.3) is 0 Å². The number of sulfone groups is 1. The third-order valence-corrected chi connectivity index (χ3v) is 7.24. The summed E-state index contributed by atoms with van der Waals surface area (Å²) in [5.41, 5.74) is 0.650. The molecule has 2 aromatic carbocycles. The number of halogens is 2. The molecule has 0 saturated heterocycles. The van der Waals surface area contributed by atoms with Crippen LogP contribution in [0.1, 0.15) is 24.6 Å². The van der Waals surface area contributed by atoms with Gasteiger partial charge in [-0.15, -0.1) is 11.3 Å². The van der Waals surface area contributed by atoms with Gasteiger partial charge in [0, 0.05) is 10.6 Å². The third-order valence-electron chi connectivity index (χ3n) is 4.11. The molecule has 0 aliphatic rings. The summed E-state index contributed by atoms with van der Waals surface area (Å²) in [5, 5.41) is 0.419. The Bertz CT molecular complexity index is 1170. The maximum atomic E-state index is 14.3. The fraction of sp³-hybridized carbons (Fsp3) is 0.143. The van der Waals surface area contributed by atoms with E-state index < -0.39 is 15.7 Å². The molecule has 0 aliphatic heterocycles. The molecule has 0 atom stereocenters. The summed E-state index contributed by atoms with van der Waals surface area (Å²) < 4.78 is 40.7. The second kappa shape index (κ2) is 8.98. The highest BCUT2D eigenvalue weighted by Gasteiger charge is 2.26. The van der Waals surface area contributed by atoms with Crippen molar-refractivity contribution < 1.29 is 17.6 Å². The van der Waals surface area contributed by atoms with Gasteiger partial charge in [-0.1, -0.05) is 37.1 Å². The number of nitrogens with zero attached hydrogens (tertiary/aromatic N) is 1. The Morgan fingerprint density at radius 1 is 1.17 bits per heavy atom. The number of hydrogen-bond acceptors (Lipinski definition) is 5. The number of hydrogen-bond donors (Lipinski definition) is 0. The maximum Gasteiger partial charge on any atom is 0.225 e. The molecule has 3 aromatic rings. The summed E-state index contributed by atoms with van der Waals surface area (Å²) in [6, 6.07) is 11.7. The predicted octanol–water partition coefficient (Wildman–Crippen LogP) is 5.82. The van der Waals surface area contributed by atoms with E-state index in [1.807, 2.05) is 6.92 Å². The monoisotopic (exact) mass is 449 g/mol. The van der Waals surface area contributed by atoms with Crippen molar-refractivity contribution in [3.63, 3.8) is 0 Å². The number of thiazole rings is 1. The van der Waals surface area contributed by atoms with Gasteiger partial charge in [-0.25, -0.2) is 17.8 Å². The summed E-state index contributed by atoms with van der Waals surface area (Å²) in [4.78, 5) is 16.0. The lowest BCUT2D eigenvalue weighted by molar-refractivity contribution is -0.105. The van der Waals surface area contributed by atoms with Gasteiger partial charge >= 0.3 is 0 Å². The molecule has 0 unspecified atom stereocenters. The zero-order valence-corrected chi connectivity index (χ0v) is 17.8. The van der Waals surface area contributed by atoms with Crippen LogP contribution in [0.5, 0.6) is 0 Å². The highest BCUT2D eigenvalue weighted by Crippen LogP contribution is 2.36. The van der Waals surface area contributed by atoms with Crippen LogP contribution in [0.2, 0.25) is 5.02 Å². The zero-order valence-electron chi connectivity index (χ0n) is 15.4. The lowest BCUT2D eigenvalue weighted by Crippen LogP contribution is -2.04. The molecule has 0 spiro atoms. The maximum absolute atomic E-state index is 14.3. The fourth-order valence-electron chi connectivity index (χ4n) is 2.70. The van der Waals surface area contributed by atoms with E-state index in [-0.39, 0.29) is 25.4 Å². The van der Waals surface area contributed by atoms with Crippen LogP contribution < -0.4 is 0 Å². The second-order valence-electron chi connectivity index (χ2n) is 6.21. The topological polar surface area (TPSA) is 64.1 Å². The first kappa shape index (κ1) is 21.4. The van der Waals surface area contributed by atoms with Crippen LogP contribution in [0, 0.1) is 5.82 Å². The highest BCUT2D eigenvalue weighted by molar-refractivity contribution is 7.91. The SMILES string of the molecule is CCC/C(C=O)=C/c1sc(-c2ccccc2F)nc1S(=O)(=O)c1ccc(Cl)cc1. The quantitative estimate of drug-likeness (QED) is 0.337. The van der Waals surface area contributed by atoms with Gasteiger partial charge in [-0.2, -0.15) is 0 Å². The van der Waals surface area contributed by atoms with Crippen molar-refractivity contribution >= 4 is 45.1 Å². The minimum Gasteiger partial charge on any atom is -0.298 e. The van der Waals surface area contributed by atoms with Gasteiger partial charge in [0.05, 0.1) is 9.77 Å². The Balaban J connectivity index is 2.22. The Hall–Kier alpha value is -2.35. The molecular formula is C21H17ClFNO3S2. The number of carbonyl (C=O) groups excluding carboxylic acids is 1. The molecule has 0 radical (unpaired) electrons. The van der Waals surface area contributed by atoms with E-state index >= 15 is 0 Å². The smallest absolute Gasteiger partial charge is 0.225 e. The van der Waals surface area contributed by atoms with Crippen LogP contribution >= 0.6 is 22.9 Å². The van der Waals surface area contributed by atoms with Crippen LogP contribution in [-0.2, 0) is 14.6 Å². The molecule has 0 saturated carbocycles. The number of carbonyl (C=O) groups is 1. The molecule has 4 nitrogen and oxygen atoms in total. The molecule has 150 valence electrons. The number of aromatic nitrogens is 1. The first-order valence-electron chi connectivity index (χ1n) is 8.79. The summed E-state index contributed by atoms with van der Waals surface area (Å²) in [6.45, 7) is 1.92. The van der Waals surface area contributed by atoms with Crippen molar-refractivity contribution in [2.45, 2.75) is 29.7 Å². The van der Waals surface area contributed by atoms with Crippen molar-refractivity contribution in [1.29, 1.82) is 0 Å². The Morgan fingerprint density at radius 2 is 1.86 bits per heavy atom. The van der Waals surface area contributed by atoms with Gasteiger partial charge in [0.15, 0.2) is 5.03 Å². The number of benzene rings is 2. The summed E-state index contributed by atoms with van der Waals surface area (Å²) in [6.07, 6.45) is 3.44. The van der Waals surface area contributed by atoms with Gasteiger partial charge in [-0.05, 0) is 54.5 Å². The summed E-state index contributed by atoms with van der Waals surface area (Å²) in [7, 11) is -4.00. The first-order chi connectivity index (χ1) is 13.9. The first-order valence-corrected chi connectivity index (χ1v) is 11.5. The molecule has 0 fully saturated rings. The van der Waals surface area contributed by atoms with Crippen LogP contribution in [0.15, 0.2) is 64.0 Å². The number of aldehydes is 1. The Kier molecular flexibility index (Phi) is 6.62. The van der Waals surface area contributed by atoms with Crippen LogP contribution in [0.3, 0.4) is 0 Å². The molecule has 8 heteroatoms. The predicted molar refractivity (Wildman–Crippen MR) is 113 cm³/mol. The van der Waals surface area contributed by atoms with Crippen LogP contribution in [0.25, 0.3) is 16.6 Å².